The van der Waals surface area contributed by atoms with E-state index >= 15 is 0 Å². The van der Waals surface area contributed by atoms with Gasteiger partial charge in [-0.3, -0.25) is 9.36 Å². The fourth-order valence-electron chi connectivity index (χ4n) is 5.98. The van der Waals surface area contributed by atoms with Gasteiger partial charge in [0.25, 0.3) is 5.91 Å². The van der Waals surface area contributed by atoms with E-state index in [4.69, 9.17) is 0 Å². The van der Waals surface area contributed by atoms with Gasteiger partial charge >= 0.3 is 7.60 Å². The summed E-state index contributed by atoms with van der Waals surface area (Å²) in [4.78, 5) is 32.9. The van der Waals surface area contributed by atoms with Gasteiger partial charge in [0.1, 0.15) is 6.10 Å². The van der Waals surface area contributed by atoms with Gasteiger partial charge in [-0.2, -0.15) is 0 Å². The molecule has 0 aromatic carbocycles. The highest BCUT2D eigenvalue weighted by Crippen LogP contribution is 2.33. The molecular weight excluding hydrogens is 573 g/mol. The molecular formula is C36H74NO6P. The molecule has 0 aromatic heterocycles. The largest absolute Gasteiger partial charge is 0.391 e. The number of hydrogen-bond acceptors (Lipinski definition) is 4. The highest BCUT2D eigenvalue weighted by Gasteiger charge is 2.26. The molecule has 0 radical (unpaired) electrons. The fourth-order valence-corrected chi connectivity index (χ4v) is 6.48. The third-order valence-electron chi connectivity index (χ3n) is 8.91. The van der Waals surface area contributed by atoms with Gasteiger partial charge < -0.3 is 24.9 Å². The van der Waals surface area contributed by atoms with E-state index in [2.05, 4.69) is 13.8 Å². The molecule has 0 heterocycles. The second kappa shape index (κ2) is 31.2. The molecule has 0 aromatic rings. The molecule has 0 bridgehead atoms. The van der Waals surface area contributed by atoms with Crippen molar-refractivity contribution >= 4 is 13.5 Å². The Morgan fingerprint density at radius 1 is 0.545 bits per heavy atom. The second-order valence-corrected chi connectivity index (χ2v) is 15.2. The molecule has 0 aliphatic rings. The Morgan fingerprint density at radius 2 is 0.864 bits per heavy atom. The molecule has 44 heavy (non-hydrogen) atoms. The molecule has 4 N–H and O–H groups in total. The number of aliphatic hydroxyl groups is 2. The van der Waals surface area contributed by atoms with E-state index in [9.17, 15) is 29.4 Å². The van der Waals surface area contributed by atoms with E-state index in [1.807, 2.05) is 0 Å². The van der Waals surface area contributed by atoms with Crippen molar-refractivity contribution < 1.29 is 29.4 Å². The maximum atomic E-state index is 12.9. The lowest BCUT2D eigenvalue weighted by atomic mass is 10.0. The minimum atomic E-state index is -4.29. The Bertz CT molecular complexity index is 673. The first kappa shape index (κ1) is 43.5. The van der Waals surface area contributed by atoms with Gasteiger partial charge in [-0.05, 0) is 12.8 Å². The van der Waals surface area contributed by atoms with Crippen molar-refractivity contribution in [3.05, 3.63) is 0 Å². The lowest BCUT2D eigenvalue weighted by Crippen LogP contribution is -2.44. The quantitative estimate of drug-likeness (QED) is 0.0408. The van der Waals surface area contributed by atoms with Crippen molar-refractivity contribution in [2.75, 3.05) is 19.3 Å². The van der Waals surface area contributed by atoms with Crippen LogP contribution in [-0.4, -0.2) is 62.3 Å². The summed E-state index contributed by atoms with van der Waals surface area (Å²) in [5.74, 6) is -0.526. The minimum absolute atomic E-state index is 0.00673. The summed E-state index contributed by atoms with van der Waals surface area (Å²) in [5.41, 5.74) is 0. The van der Waals surface area contributed by atoms with E-state index in [0.29, 0.717) is 12.8 Å². The van der Waals surface area contributed by atoms with Crippen LogP contribution in [0.15, 0.2) is 0 Å². The highest BCUT2D eigenvalue weighted by atomic mass is 31.2. The maximum absolute atomic E-state index is 12.9. The molecule has 0 saturated carbocycles. The number of rotatable bonds is 34. The van der Waals surface area contributed by atoms with Gasteiger partial charge in [0.15, 0.2) is 0 Å². The molecule has 0 aliphatic heterocycles. The van der Waals surface area contributed by atoms with Gasteiger partial charge in [-0.25, -0.2) is 0 Å². The molecule has 0 saturated heterocycles. The minimum Gasteiger partial charge on any atom is -0.391 e. The van der Waals surface area contributed by atoms with Crippen molar-refractivity contribution in [1.82, 2.24) is 4.90 Å². The average molecular weight is 648 g/mol. The zero-order valence-corrected chi connectivity index (χ0v) is 30.0. The van der Waals surface area contributed by atoms with Crippen molar-refractivity contribution in [2.45, 2.75) is 206 Å². The summed E-state index contributed by atoms with van der Waals surface area (Å²) < 4.78 is 11.5. The summed E-state index contributed by atoms with van der Waals surface area (Å²) in [7, 11) is -4.29. The van der Waals surface area contributed by atoms with Crippen LogP contribution in [0.2, 0.25) is 0 Å². The molecule has 0 aliphatic carbocycles. The third kappa shape index (κ3) is 30.2. The zero-order valence-electron chi connectivity index (χ0n) is 29.1. The third-order valence-corrected chi connectivity index (χ3v) is 9.69. The Hall–Kier alpha value is -0.460. The van der Waals surface area contributed by atoms with Gasteiger partial charge in [0.2, 0.25) is 0 Å². The van der Waals surface area contributed by atoms with Crippen LogP contribution in [0.1, 0.15) is 194 Å². The Kier molecular flexibility index (Phi) is 30.8. The summed E-state index contributed by atoms with van der Waals surface area (Å²) in [6.07, 6.45) is 30.6. The topological polar surface area (TPSA) is 118 Å². The Labute approximate surface area is 272 Å². The number of carbonyl (C=O) groups excluding carboxylic acids is 1. The Morgan fingerprint density at radius 3 is 1.20 bits per heavy atom. The van der Waals surface area contributed by atoms with Gasteiger partial charge in [0, 0.05) is 13.1 Å². The van der Waals surface area contributed by atoms with Gasteiger partial charge in [-0.15, -0.1) is 0 Å². The lowest BCUT2D eigenvalue weighted by molar-refractivity contribution is -0.141. The number of nitrogens with zero attached hydrogens (tertiary/aromatic N) is 1. The standard InChI is InChI=1S/C36H74NO6P/c1-3-5-7-9-11-13-15-17-18-19-21-23-25-27-29-34(38)33-37(31-32-44(41,42)43)36(40)35(39)30-28-26-24-22-20-16-14-12-10-8-6-4-2/h34-35,38-39H,3-33H2,1-2H3,(H2,41,42,43). The smallest absolute Gasteiger partial charge is 0.327 e. The Balaban J connectivity index is 4.10. The van der Waals surface area contributed by atoms with Crippen molar-refractivity contribution in [2.24, 2.45) is 0 Å². The number of amides is 1. The molecule has 0 fully saturated rings. The molecule has 2 unspecified atom stereocenters. The average Bonchev–Trinajstić information content (AvgIpc) is 2.99. The first-order valence-corrected chi connectivity index (χ1v) is 20.7. The van der Waals surface area contributed by atoms with Crippen LogP contribution in [0.3, 0.4) is 0 Å². The summed E-state index contributed by atoms with van der Waals surface area (Å²) in [6, 6.07) is 0. The first-order chi connectivity index (χ1) is 21.2. The van der Waals surface area contributed by atoms with Crippen LogP contribution in [0, 0.1) is 0 Å². The molecule has 8 heteroatoms. The second-order valence-electron chi connectivity index (χ2n) is 13.4. The van der Waals surface area contributed by atoms with Crippen molar-refractivity contribution in [1.29, 1.82) is 0 Å². The van der Waals surface area contributed by atoms with E-state index < -0.39 is 31.9 Å². The summed E-state index contributed by atoms with van der Waals surface area (Å²) in [6.45, 7) is 4.34. The maximum Gasteiger partial charge on any atom is 0.327 e. The van der Waals surface area contributed by atoms with Crippen LogP contribution >= 0.6 is 7.60 Å². The lowest BCUT2D eigenvalue weighted by Gasteiger charge is -2.27. The van der Waals surface area contributed by atoms with Crippen molar-refractivity contribution in [3.8, 4) is 0 Å². The van der Waals surface area contributed by atoms with E-state index in [-0.39, 0.29) is 13.1 Å². The highest BCUT2D eigenvalue weighted by molar-refractivity contribution is 7.51. The van der Waals surface area contributed by atoms with E-state index in [0.717, 1.165) is 38.5 Å². The molecule has 7 nitrogen and oxygen atoms in total. The van der Waals surface area contributed by atoms with Crippen LogP contribution in [0.4, 0.5) is 0 Å². The van der Waals surface area contributed by atoms with Crippen LogP contribution in [0.5, 0.6) is 0 Å². The summed E-state index contributed by atoms with van der Waals surface area (Å²) in [5, 5.41) is 21.1. The molecule has 2 atom stereocenters. The molecule has 1 amide bonds. The fraction of sp³-hybridized carbons (Fsp3) is 0.972. The van der Waals surface area contributed by atoms with Gasteiger partial charge in [-0.1, -0.05) is 181 Å². The molecule has 264 valence electrons. The van der Waals surface area contributed by atoms with Crippen LogP contribution in [0.25, 0.3) is 0 Å². The van der Waals surface area contributed by atoms with Crippen LogP contribution in [-0.2, 0) is 9.36 Å². The van der Waals surface area contributed by atoms with Gasteiger partial charge in [0.05, 0.1) is 12.3 Å². The predicted molar refractivity (Wildman–Crippen MR) is 186 cm³/mol. The number of unbranched alkanes of at least 4 members (excludes halogenated alkanes) is 24. The monoisotopic (exact) mass is 648 g/mol. The predicted octanol–water partition coefficient (Wildman–Crippen LogP) is 9.68. The normalized spacial score (nSPS) is 13.3. The van der Waals surface area contributed by atoms with Crippen LogP contribution < -0.4 is 0 Å². The van der Waals surface area contributed by atoms with E-state index in [1.54, 1.807) is 0 Å². The molecule has 0 rings (SSSR count). The first-order valence-electron chi connectivity index (χ1n) is 18.9. The SMILES string of the molecule is CCCCCCCCCCCCCCCCC(O)CN(CCP(=O)(O)O)C(=O)C(O)CCCCCCCCCCCCCC. The summed E-state index contributed by atoms with van der Waals surface area (Å²) >= 11 is 0. The number of carbonyl (C=O) groups is 1. The number of hydrogen-bond donors (Lipinski definition) is 4. The zero-order chi connectivity index (χ0) is 32.7. The van der Waals surface area contributed by atoms with E-state index in [1.165, 1.54) is 133 Å². The number of aliphatic hydroxyl groups excluding tert-OH is 2. The van der Waals surface area contributed by atoms with Crippen molar-refractivity contribution in [3.63, 3.8) is 0 Å². The molecule has 0 spiro atoms.